The summed E-state index contributed by atoms with van der Waals surface area (Å²) in [7, 11) is -0.261. The maximum atomic E-state index is 13.0. The lowest BCUT2D eigenvalue weighted by Crippen LogP contribution is -2.48. The van der Waals surface area contributed by atoms with Gasteiger partial charge in [-0.15, -0.1) is 0 Å². The summed E-state index contributed by atoms with van der Waals surface area (Å²) < 4.78 is 23.2. The second-order valence-electron chi connectivity index (χ2n) is 7.96. The van der Waals surface area contributed by atoms with Gasteiger partial charge in [-0.05, 0) is 56.5 Å². The average Bonchev–Trinajstić information content (AvgIpc) is 2.95. The Balaban J connectivity index is 1.73. The third-order valence-electron chi connectivity index (χ3n) is 5.52. The van der Waals surface area contributed by atoms with Crippen LogP contribution in [0.15, 0.2) is 23.1 Å². The van der Waals surface area contributed by atoms with E-state index in [1.807, 2.05) is 11.8 Å². The molecule has 0 radical (unpaired) electrons. The van der Waals surface area contributed by atoms with Gasteiger partial charge in [0, 0.05) is 32.4 Å². The van der Waals surface area contributed by atoms with Crippen LogP contribution < -0.4 is 10.0 Å². The van der Waals surface area contributed by atoms with Gasteiger partial charge in [0.1, 0.15) is 0 Å². The fourth-order valence-corrected chi connectivity index (χ4v) is 4.76. The number of nitrogens with zero attached hydrogens (tertiary/aromatic N) is 3. The van der Waals surface area contributed by atoms with Crippen molar-refractivity contribution in [1.29, 1.82) is 0 Å². The number of sulfonamides is 1. The minimum absolute atomic E-state index is 0.0347. The monoisotopic (exact) mass is 408 g/mol. The van der Waals surface area contributed by atoms with Gasteiger partial charge in [0.15, 0.2) is 0 Å². The minimum atomic E-state index is -3.77. The molecule has 1 saturated heterocycles. The van der Waals surface area contributed by atoms with E-state index < -0.39 is 10.0 Å². The SMILES string of the molecule is CC1Cc2cc(S(N)(=O)=O)ccc2N1C(=O)CN1CCCC(C(=O)N(C)C)C1. The van der Waals surface area contributed by atoms with Crippen LogP contribution in [0.1, 0.15) is 25.3 Å². The molecule has 0 saturated carbocycles. The Kier molecular flexibility index (Phi) is 5.79. The van der Waals surface area contributed by atoms with Gasteiger partial charge in [-0.3, -0.25) is 14.5 Å². The number of hydrogen-bond donors (Lipinski definition) is 1. The van der Waals surface area contributed by atoms with E-state index in [4.69, 9.17) is 5.14 Å². The fourth-order valence-electron chi connectivity index (χ4n) is 4.20. The van der Waals surface area contributed by atoms with Crippen molar-refractivity contribution in [2.45, 2.75) is 37.1 Å². The van der Waals surface area contributed by atoms with Crippen LogP contribution in [0.2, 0.25) is 0 Å². The van der Waals surface area contributed by atoms with Crippen LogP contribution in [0, 0.1) is 5.92 Å². The van der Waals surface area contributed by atoms with Gasteiger partial charge in [-0.25, -0.2) is 13.6 Å². The maximum absolute atomic E-state index is 13.0. The van der Waals surface area contributed by atoms with Gasteiger partial charge in [-0.1, -0.05) is 0 Å². The number of carbonyl (C=O) groups is 2. The Bertz CT molecular complexity index is 884. The van der Waals surface area contributed by atoms with Gasteiger partial charge < -0.3 is 9.80 Å². The number of primary sulfonamides is 1. The number of rotatable bonds is 4. The average molecular weight is 409 g/mol. The highest BCUT2D eigenvalue weighted by molar-refractivity contribution is 7.89. The Morgan fingerprint density at radius 3 is 2.64 bits per heavy atom. The number of benzene rings is 1. The predicted octanol–water partition coefficient (Wildman–Crippen LogP) is 0.412. The molecule has 2 aliphatic rings. The van der Waals surface area contributed by atoms with Crippen LogP contribution in [0.5, 0.6) is 0 Å². The van der Waals surface area contributed by atoms with Crippen molar-refractivity contribution in [3.63, 3.8) is 0 Å². The van der Waals surface area contributed by atoms with Crippen molar-refractivity contribution in [2.24, 2.45) is 11.1 Å². The number of nitrogens with two attached hydrogens (primary N) is 1. The summed E-state index contributed by atoms with van der Waals surface area (Å²) in [6.07, 6.45) is 2.33. The number of carbonyl (C=O) groups excluding carboxylic acids is 2. The number of fused-ring (bicyclic) bond motifs is 1. The molecule has 8 nitrogen and oxygen atoms in total. The molecule has 3 rings (SSSR count). The van der Waals surface area contributed by atoms with Gasteiger partial charge in [0.05, 0.1) is 17.4 Å². The van der Waals surface area contributed by atoms with Crippen LogP contribution in [-0.2, 0) is 26.0 Å². The van der Waals surface area contributed by atoms with Crippen molar-refractivity contribution >= 4 is 27.5 Å². The van der Waals surface area contributed by atoms with E-state index in [-0.39, 0.29) is 35.2 Å². The molecule has 1 aromatic rings. The number of piperidine rings is 1. The molecular weight excluding hydrogens is 380 g/mol. The Hall–Kier alpha value is -1.97. The number of likely N-dealkylation sites (tertiary alicyclic amines) is 1. The third kappa shape index (κ3) is 4.21. The summed E-state index contributed by atoms with van der Waals surface area (Å²) in [6.45, 7) is 3.57. The highest BCUT2D eigenvalue weighted by Crippen LogP contribution is 2.34. The molecule has 28 heavy (non-hydrogen) atoms. The molecule has 2 heterocycles. The van der Waals surface area contributed by atoms with Crippen LogP contribution in [0.3, 0.4) is 0 Å². The highest BCUT2D eigenvalue weighted by Gasteiger charge is 2.34. The minimum Gasteiger partial charge on any atom is -0.349 e. The topological polar surface area (TPSA) is 104 Å². The van der Waals surface area contributed by atoms with Crippen molar-refractivity contribution in [3.05, 3.63) is 23.8 Å². The summed E-state index contributed by atoms with van der Waals surface area (Å²) in [6, 6.07) is 4.60. The summed E-state index contributed by atoms with van der Waals surface area (Å²) >= 11 is 0. The van der Waals surface area contributed by atoms with E-state index in [1.165, 1.54) is 6.07 Å². The number of hydrogen-bond acceptors (Lipinski definition) is 5. The highest BCUT2D eigenvalue weighted by atomic mass is 32.2. The fraction of sp³-hybridized carbons (Fsp3) is 0.579. The molecule has 2 unspecified atom stereocenters. The molecule has 0 aromatic heterocycles. The van der Waals surface area contributed by atoms with Gasteiger partial charge in [0.25, 0.3) is 0 Å². The molecular formula is C19H28N4O4S. The maximum Gasteiger partial charge on any atom is 0.241 e. The zero-order valence-electron chi connectivity index (χ0n) is 16.6. The standard InChI is InChI=1S/C19H28N4O4S/c1-13-9-15-10-16(28(20,26)27)6-7-17(15)23(13)18(24)12-22-8-4-5-14(11-22)19(25)21(2)3/h6-7,10,13-14H,4-5,8-9,11-12H2,1-3H3,(H2,20,26,27). The lowest BCUT2D eigenvalue weighted by atomic mass is 9.96. The van der Waals surface area contributed by atoms with Crippen molar-refractivity contribution in [2.75, 3.05) is 38.6 Å². The smallest absolute Gasteiger partial charge is 0.241 e. The molecule has 9 heteroatoms. The van der Waals surface area contributed by atoms with Crippen LogP contribution in [-0.4, -0.2) is 69.8 Å². The first-order chi connectivity index (χ1) is 13.1. The summed E-state index contributed by atoms with van der Waals surface area (Å²) in [5.74, 6) is -0.00253. The molecule has 0 aliphatic carbocycles. The molecule has 2 amide bonds. The summed E-state index contributed by atoms with van der Waals surface area (Å²) in [5.41, 5.74) is 1.55. The second kappa shape index (κ2) is 7.81. The van der Waals surface area contributed by atoms with Crippen molar-refractivity contribution in [1.82, 2.24) is 9.80 Å². The molecule has 2 N–H and O–H groups in total. The lowest BCUT2D eigenvalue weighted by Gasteiger charge is -2.34. The molecule has 1 fully saturated rings. The van der Waals surface area contributed by atoms with Crippen molar-refractivity contribution in [3.8, 4) is 0 Å². The van der Waals surface area contributed by atoms with Crippen LogP contribution in [0.4, 0.5) is 5.69 Å². The number of anilines is 1. The first-order valence-electron chi connectivity index (χ1n) is 9.49. The van der Waals surface area contributed by atoms with Crippen molar-refractivity contribution < 1.29 is 18.0 Å². The third-order valence-corrected chi connectivity index (χ3v) is 6.43. The van der Waals surface area contributed by atoms with E-state index >= 15 is 0 Å². The lowest BCUT2D eigenvalue weighted by molar-refractivity contribution is -0.135. The molecule has 0 bridgehead atoms. The largest absolute Gasteiger partial charge is 0.349 e. The van der Waals surface area contributed by atoms with E-state index in [9.17, 15) is 18.0 Å². The van der Waals surface area contributed by atoms with Gasteiger partial charge in [-0.2, -0.15) is 0 Å². The predicted molar refractivity (Wildman–Crippen MR) is 106 cm³/mol. The van der Waals surface area contributed by atoms with E-state index in [0.29, 0.717) is 13.0 Å². The second-order valence-corrected chi connectivity index (χ2v) is 9.52. The summed E-state index contributed by atoms with van der Waals surface area (Å²) in [4.78, 5) is 30.7. The van der Waals surface area contributed by atoms with E-state index in [0.717, 1.165) is 30.6 Å². The first kappa shape index (κ1) is 20.8. The van der Waals surface area contributed by atoms with Crippen LogP contribution >= 0.6 is 0 Å². The van der Waals surface area contributed by atoms with Crippen LogP contribution in [0.25, 0.3) is 0 Å². The summed E-state index contributed by atoms with van der Waals surface area (Å²) in [5, 5.41) is 5.22. The molecule has 2 atom stereocenters. The van der Waals surface area contributed by atoms with Gasteiger partial charge >= 0.3 is 0 Å². The normalized spacial score (nSPS) is 22.8. The quantitative estimate of drug-likeness (QED) is 0.777. The zero-order valence-corrected chi connectivity index (χ0v) is 17.4. The van der Waals surface area contributed by atoms with E-state index in [2.05, 4.69) is 0 Å². The van der Waals surface area contributed by atoms with E-state index in [1.54, 1.807) is 36.0 Å². The molecule has 2 aliphatic heterocycles. The first-order valence-corrected chi connectivity index (χ1v) is 11.0. The van der Waals surface area contributed by atoms with Gasteiger partial charge in [0.2, 0.25) is 21.8 Å². The molecule has 0 spiro atoms. The molecule has 154 valence electrons. The molecule has 1 aromatic carbocycles. The zero-order chi connectivity index (χ0) is 20.6. The Labute approximate surface area is 166 Å². The Morgan fingerprint density at radius 2 is 2.00 bits per heavy atom. The Morgan fingerprint density at radius 1 is 1.29 bits per heavy atom. The number of amides is 2.